The van der Waals surface area contributed by atoms with Crippen molar-refractivity contribution in [2.24, 2.45) is 0 Å². The highest BCUT2D eigenvalue weighted by atomic mass is 16.5. The normalized spacial score (nSPS) is 11.5. The SMILES string of the molecule is CCC(CC)N(CCOC)C(=O)Cn1c(=O)c2c(ncn2CCOC)n(Cc2ccccc2)c1=O. The fraction of sp³-hybridized carbons (Fsp3) is 0.520. The Labute approximate surface area is 204 Å². The third-order valence-electron chi connectivity index (χ3n) is 6.24. The Hall–Kier alpha value is -3.24. The first-order valence-corrected chi connectivity index (χ1v) is 12.0. The number of fused-ring (bicyclic) bond motifs is 1. The molecule has 0 spiro atoms. The van der Waals surface area contributed by atoms with Crippen LogP contribution in [0.3, 0.4) is 0 Å². The summed E-state index contributed by atoms with van der Waals surface area (Å²) >= 11 is 0. The van der Waals surface area contributed by atoms with Crippen LogP contribution in [0.4, 0.5) is 0 Å². The van der Waals surface area contributed by atoms with Gasteiger partial charge in [0.05, 0.1) is 26.1 Å². The van der Waals surface area contributed by atoms with Crippen molar-refractivity contribution in [3.63, 3.8) is 0 Å². The lowest BCUT2D eigenvalue weighted by Gasteiger charge is -2.30. The summed E-state index contributed by atoms with van der Waals surface area (Å²) in [7, 11) is 3.16. The van der Waals surface area contributed by atoms with Crippen molar-refractivity contribution in [3.8, 4) is 0 Å². The highest BCUT2D eigenvalue weighted by Gasteiger charge is 2.25. The lowest BCUT2D eigenvalue weighted by atomic mass is 10.1. The average Bonchev–Trinajstić information content (AvgIpc) is 3.30. The fourth-order valence-electron chi connectivity index (χ4n) is 4.30. The lowest BCUT2D eigenvalue weighted by molar-refractivity contribution is -0.135. The number of carbonyl (C=O) groups is 1. The molecule has 1 aromatic carbocycles. The van der Waals surface area contributed by atoms with Crippen molar-refractivity contribution in [3.05, 3.63) is 63.1 Å². The Morgan fingerprint density at radius 1 is 1.03 bits per heavy atom. The van der Waals surface area contributed by atoms with Gasteiger partial charge in [0.1, 0.15) is 6.54 Å². The molecule has 3 rings (SSSR count). The number of carbonyl (C=O) groups excluding carboxylic acids is 1. The van der Waals surface area contributed by atoms with Crippen molar-refractivity contribution in [1.82, 2.24) is 23.6 Å². The van der Waals surface area contributed by atoms with E-state index in [1.807, 2.05) is 44.2 Å². The first kappa shape index (κ1) is 26.4. The molecule has 2 aromatic heterocycles. The third kappa shape index (κ3) is 5.88. The van der Waals surface area contributed by atoms with Gasteiger partial charge in [-0.25, -0.2) is 14.3 Å². The van der Waals surface area contributed by atoms with Crippen LogP contribution in [0.5, 0.6) is 0 Å². The van der Waals surface area contributed by atoms with Gasteiger partial charge in [-0.15, -0.1) is 0 Å². The Balaban J connectivity index is 2.12. The zero-order valence-electron chi connectivity index (χ0n) is 21.0. The predicted octanol–water partition coefficient (Wildman–Crippen LogP) is 1.72. The molecular formula is C25H35N5O5. The second-order valence-corrected chi connectivity index (χ2v) is 8.40. The standard InChI is InChI=1S/C25H35N5O5/c1-5-20(6-2)28(13-15-35-4)21(31)17-30-24(32)22-23(26-18-27(22)12-14-34-3)29(25(30)33)16-19-10-8-7-9-11-19/h7-11,18,20H,5-6,12-17H2,1-4H3. The zero-order valence-corrected chi connectivity index (χ0v) is 21.0. The van der Waals surface area contributed by atoms with Crippen LogP contribution in [0.25, 0.3) is 11.2 Å². The average molecular weight is 486 g/mol. The van der Waals surface area contributed by atoms with Gasteiger partial charge in [-0.1, -0.05) is 44.2 Å². The molecule has 0 N–H and O–H groups in total. The van der Waals surface area contributed by atoms with Gasteiger partial charge in [0.2, 0.25) is 5.91 Å². The van der Waals surface area contributed by atoms with Gasteiger partial charge < -0.3 is 18.9 Å². The van der Waals surface area contributed by atoms with E-state index in [0.717, 1.165) is 23.0 Å². The number of benzene rings is 1. The van der Waals surface area contributed by atoms with E-state index in [4.69, 9.17) is 9.47 Å². The summed E-state index contributed by atoms with van der Waals surface area (Å²) in [5.41, 5.74) is 0.356. The summed E-state index contributed by atoms with van der Waals surface area (Å²) in [5.74, 6) is -0.288. The molecule has 0 unspecified atom stereocenters. The second kappa shape index (κ2) is 12.5. The topological polar surface area (TPSA) is 101 Å². The minimum atomic E-state index is -0.562. The molecule has 10 nitrogen and oxygen atoms in total. The Kier molecular flexibility index (Phi) is 9.39. The smallest absolute Gasteiger partial charge is 0.333 e. The molecular weight excluding hydrogens is 450 g/mol. The van der Waals surface area contributed by atoms with Crippen molar-refractivity contribution in [1.29, 1.82) is 0 Å². The molecule has 0 aliphatic carbocycles. The molecule has 0 atom stereocenters. The van der Waals surface area contributed by atoms with E-state index in [9.17, 15) is 14.4 Å². The first-order chi connectivity index (χ1) is 17.0. The highest BCUT2D eigenvalue weighted by Crippen LogP contribution is 2.12. The van der Waals surface area contributed by atoms with Gasteiger partial charge in [-0.2, -0.15) is 0 Å². The number of hydrogen-bond acceptors (Lipinski definition) is 6. The number of imidazole rings is 1. The van der Waals surface area contributed by atoms with Crippen LogP contribution in [-0.4, -0.2) is 69.5 Å². The molecule has 3 aromatic rings. The summed E-state index contributed by atoms with van der Waals surface area (Å²) in [6, 6.07) is 9.47. The lowest BCUT2D eigenvalue weighted by Crippen LogP contribution is -2.48. The van der Waals surface area contributed by atoms with Crippen molar-refractivity contribution in [2.75, 3.05) is 34.0 Å². The van der Waals surface area contributed by atoms with Crippen LogP contribution in [0.2, 0.25) is 0 Å². The molecule has 0 bridgehead atoms. The Bertz CT molecular complexity index is 1230. The number of aromatic nitrogens is 4. The van der Waals surface area contributed by atoms with Crippen LogP contribution in [0.15, 0.2) is 46.2 Å². The van der Waals surface area contributed by atoms with Gasteiger partial charge in [0.25, 0.3) is 5.56 Å². The molecule has 2 heterocycles. The number of rotatable bonds is 13. The quantitative estimate of drug-likeness (QED) is 0.365. The fourth-order valence-corrected chi connectivity index (χ4v) is 4.30. The molecule has 1 amide bonds. The van der Waals surface area contributed by atoms with Crippen molar-refractivity contribution in [2.45, 2.75) is 52.4 Å². The van der Waals surface area contributed by atoms with E-state index >= 15 is 0 Å². The van der Waals surface area contributed by atoms with Crippen molar-refractivity contribution >= 4 is 17.1 Å². The molecule has 0 fully saturated rings. The van der Waals surface area contributed by atoms with E-state index in [1.165, 1.54) is 10.9 Å². The van der Waals surface area contributed by atoms with E-state index in [0.29, 0.717) is 32.0 Å². The summed E-state index contributed by atoms with van der Waals surface area (Å²) < 4.78 is 14.5. The van der Waals surface area contributed by atoms with Gasteiger partial charge in [-0.05, 0) is 18.4 Å². The number of ether oxygens (including phenoxy) is 2. The largest absolute Gasteiger partial charge is 0.383 e. The summed E-state index contributed by atoms with van der Waals surface area (Å²) in [4.78, 5) is 46.6. The number of nitrogens with zero attached hydrogens (tertiary/aromatic N) is 5. The van der Waals surface area contributed by atoms with E-state index < -0.39 is 11.2 Å². The summed E-state index contributed by atoms with van der Waals surface area (Å²) in [6.07, 6.45) is 3.07. The number of amides is 1. The maximum absolute atomic E-state index is 13.6. The number of methoxy groups -OCH3 is 2. The molecule has 190 valence electrons. The Morgan fingerprint density at radius 2 is 1.71 bits per heavy atom. The zero-order chi connectivity index (χ0) is 25.4. The van der Waals surface area contributed by atoms with E-state index in [2.05, 4.69) is 4.98 Å². The highest BCUT2D eigenvalue weighted by molar-refractivity contribution is 5.77. The minimum absolute atomic E-state index is 0.00383. The molecule has 10 heteroatoms. The van der Waals surface area contributed by atoms with Crippen LogP contribution in [-0.2, 0) is 33.9 Å². The molecule has 0 saturated carbocycles. The molecule has 0 aliphatic heterocycles. The van der Waals surface area contributed by atoms with Crippen LogP contribution in [0, 0.1) is 0 Å². The maximum Gasteiger partial charge on any atom is 0.333 e. The monoisotopic (exact) mass is 485 g/mol. The molecule has 35 heavy (non-hydrogen) atoms. The van der Waals surface area contributed by atoms with Gasteiger partial charge in [-0.3, -0.25) is 14.2 Å². The number of hydrogen-bond donors (Lipinski definition) is 0. The van der Waals surface area contributed by atoms with Crippen LogP contribution in [0.1, 0.15) is 32.3 Å². The van der Waals surface area contributed by atoms with Crippen molar-refractivity contribution < 1.29 is 14.3 Å². The van der Waals surface area contributed by atoms with Crippen LogP contribution >= 0.6 is 0 Å². The third-order valence-corrected chi connectivity index (χ3v) is 6.24. The van der Waals surface area contributed by atoms with Gasteiger partial charge in [0, 0.05) is 33.4 Å². The minimum Gasteiger partial charge on any atom is -0.383 e. The summed E-state index contributed by atoms with van der Waals surface area (Å²) in [5, 5.41) is 0. The Morgan fingerprint density at radius 3 is 2.34 bits per heavy atom. The molecule has 0 saturated heterocycles. The van der Waals surface area contributed by atoms with E-state index in [-0.39, 0.29) is 30.6 Å². The van der Waals surface area contributed by atoms with E-state index in [1.54, 1.807) is 23.7 Å². The molecule has 0 radical (unpaired) electrons. The first-order valence-electron chi connectivity index (χ1n) is 12.0. The second-order valence-electron chi connectivity index (χ2n) is 8.40. The maximum atomic E-state index is 13.6. The van der Waals surface area contributed by atoms with Gasteiger partial charge >= 0.3 is 5.69 Å². The molecule has 0 aliphatic rings. The summed E-state index contributed by atoms with van der Waals surface area (Å²) in [6.45, 7) is 5.45. The van der Waals surface area contributed by atoms with Gasteiger partial charge in [0.15, 0.2) is 11.2 Å². The van der Waals surface area contributed by atoms with Crippen LogP contribution < -0.4 is 11.2 Å². The predicted molar refractivity (Wildman–Crippen MR) is 134 cm³/mol.